The number of thiophene rings is 1. The highest BCUT2D eigenvalue weighted by molar-refractivity contribution is 7.10. The zero-order valence-electron chi connectivity index (χ0n) is 11.8. The Hall–Kier alpha value is -2.67. The van der Waals surface area contributed by atoms with Crippen molar-refractivity contribution in [3.8, 4) is 5.75 Å². The van der Waals surface area contributed by atoms with Gasteiger partial charge in [0.25, 0.3) is 0 Å². The Kier molecular flexibility index (Phi) is 3.12. The molecule has 1 atom stereocenters. The van der Waals surface area contributed by atoms with Crippen LogP contribution in [-0.2, 0) is 0 Å². The summed E-state index contributed by atoms with van der Waals surface area (Å²) in [5.41, 5.74) is 2.01. The highest BCUT2D eigenvalue weighted by Crippen LogP contribution is 2.34. The third-order valence-electron chi connectivity index (χ3n) is 3.54. The molecule has 4 rings (SSSR count). The topological polar surface area (TPSA) is 64.9 Å². The highest BCUT2D eigenvalue weighted by atomic mass is 32.1. The number of fused-ring (bicyclic) bond motifs is 1. The molecule has 1 N–H and O–H groups in total. The summed E-state index contributed by atoms with van der Waals surface area (Å²) in [6, 6.07) is 12.0. The molecule has 0 saturated heterocycles. The van der Waals surface area contributed by atoms with Crippen molar-refractivity contribution < 1.29 is 4.74 Å². The lowest BCUT2D eigenvalue weighted by Crippen LogP contribution is -2.19. The number of allylic oxidation sites excluding steroid dienone is 1. The molecule has 0 bridgehead atoms. The summed E-state index contributed by atoms with van der Waals surface area (Å²) < 4.78 is 7.09. The lowest BCUT2D eigenvalue weighted by Gasteiger charge is -2.22. The summed E-state index contributed by atoms with van der Waals surface area (Å²) in [4.78, 5) is 1.19. The number of ether oxygens (including phenoxy) is 1. The average Bonchev–Trinajstić information content (AvgIpc) is 3.25. The average molecular weight is 311 g/mol. The minimum absolute atomic E-state index is 0.00699. The van der Waals surface area contributed by atoms with Crippen molar-refractivity contribution in [3.63, 3.8) is 0 Å². The predicted octanol–water partition coefficient (Wildman–Crippen LogP) is 2.80. The van der Waals surface area contributed by atoms with E-state index in [2.05, 4.69) is 38.4 Å². The van der Waals surface area contributed by atoms with E-state index in [9.17, 15) is 0 Å². The molecule has 6 nitrogen and oxygen atoms in total. The Morgan fingerprint density at radius 3 is 3.05 bits per heavy atom. The van der Waals surface area contributed by atoms with E-state index >= 15 is 0 Å². The molecule has 3 aromatic rings. The number of benzene rings is 1. The number of anilines is 1. The van der Waals surface area contributed by atoms with Gasteiger partial charge in [-0.15, -0.1) is 11.3 Å². The third kappa shape index (κ3) is 2.15. The predicted molar refractivity (Wildman–Crippen MR) is 84.9 cm³/mol. The van der Waals surface area contributed by atoms with E-state index in [4.69, 9.17) is 4.74 Å². The standard InChI is InChI=1S/C15H13N5OS/c1-21-11-5-2-4-10(8-11)12-9-13(14-6-3-7-22-14)20-15(16-12)17-18-19-20/h2-9,13H,1H3,(H,16,17,19)/t13-/m0/s1. The number of rotatable bonds is 3. The monoisotopic (exact) mass is 311 g/mol. The SMILES string of the molecule is COc1cccc(C2=C[C@@H](c3cccs3)n3nnnc3N2)c1. The van der Waals surface area contributed by atoms with Crippen LogP contribution in [0.25, 0.3) is 5.70 Å². The van der Waals surface area contributed by atoms with Crippen molar-refractivity contribution >= 4 is 23.0 Å². The first-order valence-electron chi connectivity index (χ1n) is 6.80. The van der Waals surface area contributed by atoms with E-state index in [-0.39, 0.29) is 6.04 Å². The smallest absolute Gasteiger partial charge is 0.248 e. The van der Waals surface area contributed by atoms with Crippen molar-refractivity contribution in [2.75, 3.05) is 12.4 Å². The molecule has 0 amide bonds. The Morgan fingerprint density at radius 2 is 2.23 bits per heavy atom. The maximum atomic E-state index is 5.30. The van der Waals surface area contributed by atoms with E-state index < -0.39 is 0 Å². The largest absolute Gasteiger partial charge is 0.497 e. The second-order valence-electron chi connectivity index (χ2n) is 4.84. The Balaban J connectivity index is 1.80. The fraction of sp³-hybridized carbons (Fsp3) is 0.133. The quantitative estimate of drug-likeness (QED) is 0.806. The first-order valence-corrected chi connectivity index (χ1v) is 7.67. The summed E-state index contributed by atoms with van der Waals surface area (Å²) in [5, 5.41) is 17.2. The van der Waals surface area contributed by atoms with Crippen LogP contribution in [-0.4, -0.2) is 27.3 Å². The zero-order chi connectivity index (χ0) is 14.9. The summed E-state index contributed by atoms with van der Waals surface area (Å²) in [5.74, 6) is 1.46. The molecule has 7 heteroatoms. The maximum Gasteiger partial charge on any atom is 0.248 e. The number of aromatic nitrogens is 4. The number of hydrogen-bond acceptors (Lipinski definition) is 6. The van der Waals surface area contributed by atoms with Crippen LogP contribution in [0, 0.1) is 0 Å². The van der Waals surface area contributed by atoms with Crippen LogP contribution >= 0.6 is 11.3 Å². The van der Waals surface area contributed by atoms with Gasteiger partial charge in [-0.05, 0) is 40.1 Å². The molecule has 0 aliphatic carbocycles. The molecule has 1 aromatic carbocycles. The van der Waals surface area contributed by atoms with Crippen molar-refractivity contribution in [1.29, 1.82) is 0 Å². The van der Waals surface area contributed by atoms with Crippen LogP contribution in [0.5, 0.6) is 5.75 Å². The van der Waals surface area contributed by atoms with Crippen LogP contribution in [0.3, 0.4) is 0 Å². The van der Waals surface area contributed by atoms with E-state index in [0.717, 1.165) is 17.0 Å². The summed E-state index contributed by atoms with van der Waals surface area (Å²) in [6.45, 7) is 0. The van der Waals surface area contributed by atoms with Gasteiger partial charge in [-0.2, -0.15) is 4.68 Å². The molecule has 0 unspecified atom stereocenters. The molecule has 0 fully saturated rings. The molecule has 0 radical (unpaired) electrons. The molecular formula is C15H13N5OS. The Labute approximate surface area is 131 Å². The number of methoxy groups -OCH3 is 1. The van der Waals surface area contributed by atoms with Gasteiger partial charge in [-0.25, -0.2) is 0 Å². The molecule has 0 spiro atoms. The fourth-order valence-corrected chi connectivity index (χ4v) is 3.25. The second kappa shape index (κ2) is 5.27. The molecule has 0 saturated carbocycles. The fourth-order valence-electron chi connectivity index (χ4n) is 2.48. The zero-order valence-corrected chi connectivity index (χ0v) is 12.6. The van der Waals surface area contributed by atoms with Crippen molar-refractivity contribution in [3.05, 3.63) is 58.3 Å². The molecule has 1 aliphatic rings. The van der Waals surface area contributed by atoms with Gasteiger partial charge in [0.05, 0.1) is 7.11 Å². The van der Waals surface area contributed by atoms with Crippen LogP contribution in [0.2, 0.25) is 0 Å². The van der Waals surface area contributed by atoms with E-state index in [0.29, 0.717) is 5.95 Å². The summed E-state index contributed by atoms with van der Waals surface area (Å²) in [7, 11) is 1.66. The molecule has 110 valence electrons. The van der Waals surface area contributed by atoms with Crippen LogP contribution in [0.1, 0.15) is 16.5 Å². The minimum atomic E-state index is -0.00699. The van der Waals surface area contributed by atoms with Gasteiger partial charge in [0.15, 0.2) is 0 Å². The van der Waals surface area contributed by atoms with E-state index in [1.807, 2.05) is 30.3 Å². The lowest BCUT2D eigenvalue weighted by atomic mass is 10.1. The number of nitrogens with zero attached hydrogens (tertiary/aromatic N) is 4. The second-order valence-corrected chi connectivity index (χ2v) is 5.82. The van der Waals surface area contributed by atoms with E-state index in [1.54, 1.807) is 23.1 Å². The van der Waals surface area contributed by atoms with Gasteiger partial charge in [-0.1, -0.05) is 23.3 Å². The van der Waals surface area contributed by atoms with Crippen LogP contribution in [0.15, 0.2) is 47.9 Å². The van der Waals surface area contributed by atoms with Crippen LogP contribution < -0.4 is 10.1 Å². The van der Waals surface area contributed by atoms with Gasteiger partial charge in [0, 0.05) is 16.1 Å². The summed E-state index contributed by atoms with van der Waals surface area (Å²) in [6.07, 6.45) is 2.13. The third-order valence-corrected chi connectivity index (χ3v) is 4.49. The van der Waals surface area contributed by atoms with Gasteiger partial charge in [0.1, 0.15) is 11.8 Å². The molecule has 2 aromatic heterocycles. The first kappa shape index (κ1) is 13.0. The minimum Gasteiger partial charge on any atom is -0.497 e. The number of hydrogen-bond donors (Lipinski definition) is 1. The molecule has 22 heavy (non-hydrogen) atoms. The van der Waals surface area contributed by atoms with Crippen molar-refractivity contribution in [1.82, 2.24) is 20.2 Å². The Morgan fingerprint density at radius 1 is 1.27 bits per heavy atom. The normalized spacial score (nSPS) is 16.6. The van der Waals surface area contributed by atoms with Gasteiger partial charge in [-0.3, -0.25) is 0 Å². The van der Waals surface area contributed by atoms with Gasteiger partial charge >= 0.3 is 0 Å². The highest BCUT2D eigenvalue weighted by Gasteiger charge is 2.24. The van der Waals surface area contributed by atoms with Gasteiger partial charge < -0.3 is 10.1 Å². The number of tetrazole rings is 1. The first-order chi connectivity index (χ1) is 10.8. The maximum absolute atomic E-state index is 5.30. The van der Waals surface area contributed by atoms with Crippen molar-refractivity contribution in [2.24, 2.45) is 0 Å². The van der Waals surface area contributed by atoms with E-state index in [1.165, 1.54) is 4.88 Å². The van der Waals surface area contributed by atoms with Crippen molar-refractivity contribution in [2.45, 2.75) is 6.04 Å². The van der Waals surface area contributed by atoms with Crippen LogP contribution in [0.4, 0.5) is 5.95 Å². The molecular weight excluding hydrogens is 298 g/mol. The lowest BCUT2D eigenvalue weighted by molar-refractivity contribution is 0.414. The molecule has 3 heterocycles. The number of nitrogens with one attached hydrogen (secondary N) is 1. The van der Waals surface area contributed by atoms with Gasteiger partial charge in [0.2, 0.25) is 5.95 Å². The summed E-state index contributed by atoms with van der Waals surface area (Å²) >= 11 is 1.69. The molecule has 1 aliphatic heterocycles. The Bertz CT molecular complexity index is 824.